The third-order valence-electron chi connectivity index (χ3n) is 3.13. The van der Waals surface area contributed by atoms with Crippen LogP contribution in [0.5, 0.6) is 17.2 Å². The maximum Gasteiger partial charge on any atom is 0.573 e. The number of ether oxygens (including phenoxy) is 2. The summed E-state index contributed by atoms with van der Waals surface area (Å²) in [5.41, 5.74) is 6.98. The Morgan fingerprint density at radius 3 is 2.21 bits per heavy atom. The van der Waals surface area contributed by atoms with Gasteiger partial charge in [-0.3, -0.25) is 0 Å². The van der Waals surface area contributed by atoms with Gasteiger partial charge < -0.3 is 20.3 Å². The van der Waals surface area contributed by atoms with Gasteiger partial charge in [-0.2, -0.15) is 0 Å². The molecule has 3 N–H and O–H groups in total. The van der Waals surface area contributed by atoms with Crippen LogP contribution in [0.15, 0.2) is 40.9 Å². The van der Waals surface area contributed by atoms with Gasteiger partial charge in [0, 0.05) is 10.0 Å². The van der Waals surface area contributed by atoms with Crippen LogP contribution in [0.25, 0.3) is 0 Å². The zero-order valence-corrected chi connectivity index (χ0v) is 14.7. The molecule has 9 heteroatoms. The second-order valence-corrected chi connectivity index (χ2v) is 5.46. The molecule has 0 aliphatic rings. The zero-order valence-electron chi connectivity index (χ0n) is 12.3. The molecule has 0 aromatic heterocycles. The largest absolute Gasteiger partial charge is 0.573 e. The maximum atomic E-state index is 12.2. The van der Waals surface area contributed by atoms with Gasteiger partial charge >= 0.3 is 6.36 Å². The van der Waals surface area contributed by atoms with E-state index in [9.17, 15) is 18.3 Å². The quantitative estimate of drug-likeness (QED) is 0.751. The molecule has 1 atom stereocenters. The van der Waals surface area contributed by atoms with E-state index >= 15 is 0 Å². The zero-order chi connectivity index (χ0) is 17.2. The molecule has 0 amide bonds. The van der Waals surface area contributed by atoms with Crippen molar-refractivity contribution >= 4 is 28.3 Å². The third-order valence-corrected chi connectivity index (χ3v) is 3.82. The van der Waals surface area contributed by atoms with Crippen LogP contribution in [0.1, 0.15) is 17.2 Å². The number of phenols is 1. The van der Waals surface area contributed by atoms with Gasteiger partial charge in [-0.1, -0.05) is 28.1 Å². The summed E-state index contributed by atoms with van der Waals surface area (Å²) in [7, 11) is 1.40. The molecule has 0 fully saturated rings. The van der Waals surface area contributed by atoms with Crippen LogP contribution >= 0.6 is 28.3 Å². The Labute approximate surface area is 150 Å². The molecule has 4 nitrogen and oxygen atoms in total. The van der Waals surface area contributed by atoms with Crippen LogP contribution in [0, 0.1) is 0 Å². The maximum absolute atomic E-state index is 12.2. The molecule has 0 saturated carbocycles. The van der Waals surface area contributed by atoms with Crippen molar-refractivity contribution in [1.82, 2.24) is 0 Å². The van der Waals surface area contributed by atoms with Crippen molar-refractivity contribution in [3.63, 3.8) is 0 Å². The van der Waals surface area contributed by atoms with Crippen molar-refractivity contribution in [1.29, 1.82) is 0 Å². The normalized spacial score (nSPS) is 12.2. The Morgan fingerprint density at radius 2 is 1.71 bits per heavy atom. The number of alkyl halides is 3. The van der Waals surface area contributed by atoms with Gasteiger partial charge in [0.05, 0.1) is 13.2 Å². The van der Waals surface area contributed by atoms with Crippen molar-refractivity contribution in [2.75, 3.05) is 7.11 Å². The van der Waals surface area contributed by atoms with Crippen LogP contribution in [0.2, 0.25) is 0 Å². The minimum atomic E-state index is -4.75. The van der Waals surface area contributed by atoms with Crippen LogP contribution in [0.3, 0.4) is 0 Å². The summed E-state index contributed by atoms with van der Waals surface area (Å²) in [4.78, 5) is 0. The molecule has 132 valence electrons. The number of benzene rings is 2. The second-order valence-electron chi connectivity index (χ2n) is 4.61. The standard InChI is InChI=1S/C15H13BrF3NO3.ClH/c1-22-11-7-6-10(16)12(14(11)21)13(20)8-2-4-9(5-3-8)23-15(17,18)19;/h2-7,13,21H,20H2,1H3;1H/t13-;/m0./s1. The molecule has 24 heavy (non-hydrogen) atoms. The Kier molecular flexibility index (Phi) is 6.76. The van der Waals surface area contributed by atoms with Gasteiger partial charge in [-0.15, -0.1) is 25.6 Å². The topological polar surface area (TPSA) is 64.7 Å². The molecule has 0 heterocycles. The average Bonchev–Trinajstić information content (AvgIpc) is 2.46. The molecule has 0 aliphatic heterocycles. The van der Waals surface area contributed by atoms with Gasteiger partial charge in [0.15, 0.2) is 11.5 Å². The van der Waals surface area contributed by atoms with E-state index in [1.807, 2.05) is 0 Å². The van der Waals surface area contributed by atoms with E-state index in [0.717, 1.165) is 12.1 Å². The summed E-state index contributed by atoms with van der Waals surface area (Å²) in [6.07, 6.45) is -4.75. The molecule has 0 saturated heterocycles. The first-order valence-electron chi connectivity index (χ1n) is 6.39. The van der Waals surface area contributed by atoms with E-state index < -0.39 is 12.4 Å². The third kappa shape index (κ3) is 4.68. The van der Waals surface area contributed by atoms with Crippen LogP contribution in [0.4, 0.5) is 13.2 Å². The molecule has 0 spiro atoms. The monoisotopic (exact) mass is 427 g/mol. The van der Waals surface area contributed by atoms with Gasteiger partial charge in [0.2, 0.25) is 0 Å². The lowest BCUT2D eigenvalue weighted by atomic mass is 9.98. The molecule has 0 unspecified atom stereocenters. The number of methoxy groups -OCH3 is 1. The lowest BCUT2D eigenvalue weighted by molar-refractivity contribution is -0.274. The fourth-order valence-corrected chi connectivity index (χ4v) is 2.63. The molecule has 2 rings (SSSR count). The first-order chi connectivity index (χ1) is 10.7. The highest BCUT2D eigenvalue weighted by molar-refractivity contribution is 9.10. The summed E-state index contributed by atoms with van der Waals surface area (Å²) in [5.74, 6) is -0.233. The predicted molar refractivity (Wildman–Crippen MR) is 88.8 cm³/mol. The highest BCUT2D eigenvalue weighted by atomic mass is 79.9. The van der Waals surface area contributed by atoms with Crippen molar-refractivity contribution in [3.8, 4) is 17.2 Å². The molecule has 2 aromatic rings. The first-order valence-corrected chi connectivity index (χ1v) is 7.19. The molecular formula is C15H14BrClF3NO3. The molecule has 0 bridgehead atoms. The van der Waals surface area contributed by atoms with Crippen LogP contribution < -0.4 is 15.2 Å². The lowest BCUT2D eigenvalue weighted by Crippen LogP contribution is -2.17. The van der Waals surface area contributed by atoms with E-state index in [4.69, 9.17) is 10.5 Å². The van der Waals surface area contributed by atoms with E-state index in [1.54, 1.807) is 12.1 Å². The minimum absolute atomic E-state index is 0. The van der Waals surface area contributed by atoms with Gasteiger partial charge in [0.25, 0.3) is 0 Å². The fourth-order valence-electron chi connectivity index (χ4n) is 2.07. The first kappa shape index (κ1) is 20.4. The smallest absolute Gasteiger partial charge is 0.504 e. The van der Waals surface area contributed by atoms with Crippen LogP contribution in [-0.4, -0.2) is 18.6 Å². The molecule has 0 aliphatic carbocycles. The van der Waals surface area contributed by atoms with Crippen molar-refractivity contribution < 1.29 is 27.8 Å². The number of hydrogen-bond acceptors (Lipinski definition) is 4. The number of halogens is 5. The predicted octanol–water partition coefficient (Wildman–Crippen LogP) is 4.53. The SMILES string of the molecule is COc1ccc(Br)c([C@@H](N)c2ccc(OC(F)(F)F)cc2)c1O.Cl. The van der Waals surface area contributed by atoms with Crippen molar-refractivity contribution in [3.05, 3.63) is 52.0 Å². The van der Waals surface area contributed by atoms with Crippen molar-refractivity contribution in [2.24, 2.45) is 5.73 Å². The molecule has 0 radical (unpaired) electrons. The highest BCUT2D eigenvalue weighted by Crippen LogP contribution is 2.40. The number of hydrogen-bond donors (Lipinski definition) is 2. The second kappa shape index (κ2) is 7.96. The fraction of sp³-hybridized carbons (Fsp3) is 0.200. The van der Waals surface area contributed by atoms with Crippen LogP contribution in [-0.2, 0) is 0 Å². The van der Waals surface area contributed by atoms with Gasteiger partial charge in [-0.25, -0.2) is 0 Å². The molecular weight excluding hydrogens is 415 g/mol. The number of nitrogens with two attached hydrogens (primary N) is 1. The van der Waals surface area contributed by atoms with E-state index in [2.05, 4.69) is 20.7 Å². The lowest BCUT2D eigenvalue weighted by Gasteiger charge is -2.18. The van der Waals surface area contributed by atoms with E-state index in [0.29, 0.717) is 15.6 Å². The van der Waals surface area contributed by atoms with Gasteiger partial charge in [-0.05, 0) is 29.8 Å². The Balaban J connectivity index is 0.00000288. The summed E-state index contributed by atoms with van der Waals surface area (Å²) in [6.45, 7) is 0. The summed E-state index contributed by atoms with van der Waals surface area (Å²) in [5, 5.41) is 10.2. The summed E-state index contributed by atoms with van der Waals surface area (Å²) >= 11 is 3.29. The number of phenolic OH excluding ortho intramolecular Hbond substituents is 1. The highest BCUT2D eigenvalue weighted by Gasteiger charge is 2.31. The Hall–Kier alpha value is -1.64. The van der Waals surface area contributed by atoms with Gasteiger partial charge in [0.1, 0.15) is 5.75 Å². The Morgan fingerprint density at radius 1 is 1.12 bits per heavy atom. The summed E-state index contributed by atoms with van der Waals surface area (Å²) < 4.78 is 45.9. The average molecular weight is 429 g/mol. The van der Waals surface area contributed by atoms with E-state index in [1.165, 1.54) is 19.2 Å². The van der Waals surface area contributed by atoms with Crippen molar-refractivity contribution in [2.45, 2.75) is 12.4 Å². The minimum Gasteiger partial charge on any atom is -0.504 e. The Bertz CT molecular complexity index is 696. The molecule has 2 aromatic carbocycles. The van der Waals surface area contributed by atoms with E-state index in [-0.39, 0.29) is 29.7 Å². The number of rotatable bonds is 4. The summed E-state index contributed by atoms with van der Waals surface area (Å²) in [6, 6.07) is 7.58. The number of aromatic hydroxyl groups is 1.